The summed E-state index contributed by atoms with van der Waals surface area (Å²) in [7, 11) is 0. The number of nitriles is 1. The van der Waals surface area contributed by atoms with E-state index in [-0.39, 0.29) is 39.7 Å². The van der Waals surface area contributed by atoms with Gasteiger partial charge in [0.2, 0.25) is 0 Å². The summed E-state index contributed by atoms with van der Waals surface area (Å²) in [4.78, 5) is 49.2. The molecule has 4 aromatic rings. The van der Waals surface area contributed by atoms with Crippen LogP contribution in [0, 0.1) is 11.3 Å². The van der Waals surface area contributed by atoms with Gasteiger partial charge < -0.3 is 24.4 Å². The number of H-pyrrole nitrogens is 3. The number of nitrogens with zero attached hydrogens (tertiary/aromatic N) is 2. The number of carbonyl (C=O) groups excluding carboxylic acids is 2. The second-order valence-electron chi connectivity index (χ2n) is 6.71. The maximum Gasteiger partial charge on any atom is 0.422 e. The Hall–Kier alpha value is -4.60. The maximum atomic E-state index is 12.7. The molecule has 0 saturated carbocycles. The second kappa shape index (κ2) is 8.15. The number of rotatable bonds is 5. The molecule has 0 atom stereocenters. The first-order valence-electron chi connectivity index (χ1n) is 9.21. The van der Waals surface area contributed by atoms with Crippen LogP contribution in [0.2, 0.25) is 0 Å². The molecule has 4 rings (SSSR count). The van der Waals surface area contributed by atoms with E-state index in [1.54, 1.807) is 0 Å². The van der Waals surface area contributed by atoms with Gasteiger partial charge in [0.15, 0.2) is 23.5 Å². The molecule has 0 amide bonds. The quantitative estimate of drug-likeness (QED) is 0.306. The summed E-state index contributed by atoms with van der Waals surface area (Å²) in [5.41, 5.74) is -1.17. The van der Waals surface area contributed by atoms with E-state index >= 15 is 0 Å². The third-order valence-corrected chi connectivity index (χ3v) is 4.56. The summed E-state index contributed by atoms with van der Waals surface area (Å²) in [5, 5.41) is 9.20. The highest BCUT2D eigenvalue weighted by atomic mass is 19.4. The first kappa shape index (κ1) is 21.6. The fraction of sp³-hybridized carbons (Fsp3) is 0.150. The van der Waals surface area contributed by atoms with Crippen molar-refractivity contribution in [2.45, 2.75) is 12.6 Å². The van der Waals surface area contributed by atoms with Crippen LogP contribution in [0.1, 0.15) is 26.5 Å². The van der Waals surface area contributed by atoms with E-state index in [4.69, 9.17) is 14.7 Å². The van der Waals surface area contributed by atoms with Crippen LogP contribution in [-0.2, 0) is 11.2 Å². The molecule has 13 heteroatoms. The molecule has 0 aromatic carbocycles. The second-order valence-corrected chi connectivity index (χ2v) is 6.71. The molecule has 0 spiro atoms. The number of aromatic amines is 3. The van der Waals surface area contributed by atoms with Crippen molar-refractivity contribution in [2.75, 3.05) is 6.61 Å². The molecule has 4 aromatic heterocycles. The predicted molar refractivity (Wildman–Crippen MR) is 106 cm³/mol. The lowest BCUT2D eigenvalue weighted by Gasteiger charge is -2.10. The summed E-state index contributed by atoms with van der Waals surface area (Å²) in [6, 6.07) is 5.81. The normalized spacial score (nSPS) is 11.5. The van der Waals surface area contributed by atoms with E-state index in [2.05, 4.69) is 19.9 Å². The molecule has 0 aliphatic heterocycles. The van der Waals surface area contributed by atoms with Gasteiger partial charge in [-0.05, 0) is 12.1 Å². The Balaban J connectivity index is 1.70. The lowest BCUT2D eigenvalue weighted by molar-refractivity contribution is -0.153. The lowest BCUT2D eigenvalue weighted by Crippen LogP contribution is -2.21. The molecule has 0 aliphatic carbocycles. The Morgan fingerprint density at radius 1 is 1.15 bits per heavy atom. The van der Waals surface area contributed by atoms with Crippen LogP contribution < -0.4 is 10.2 Å². The Bertz CT molecular complexity index is 1490. The van der Waals surface area contributed by atoms with E-state index in [0.29, 0.717) is 0 Å². The number of halogens is 3. The molecule has 168 valence electrons. The van der Waals surface area contributed by atoms with Crippen molar-refractivity contribution in [1.82, 2.24) is 19.9 Å². The molecule has 0 aliphatic rings. The van der Waals surface area contributed by atoms with E-state index in [9.17, 15) is 27.6 Å². The number of pyridine rings is 2. The van der Waals surface area contributed by atoms with Crippen molar-refractivity contribution in [3.8, 4) is 11.8 Å². The zero-order valence-corrected chi connectivity index (χ0v) is 16.4. The first-order chi connectivity index (χ1) is 15.7. The van der Waals surface area contributed by atoms with Gasteiger partial charge in [0.1, 0.15) is 17.0 Å². The zero-order chi connectivity index (χ0) is 23.8. The van der Waals surface area contributed by atoms with Crippen LogP contribution in [0.4, 0.5) is 13.2 Å². The average Bonchev–Trinajstić information content (AvgIpc) is 3.31. The van der Waals surface area contributed by atoms with Gasteiger partial charge in [-0.25, -0.2) is 14.6 Å². The van der Waals surface area contributed by atoms with Crippen molar-refractivity contribution in [2.24, 2.45) is 0 Å². The van der Waals surface area contributed by atoms with Crippen LogP contribution in [0.25, 0.3) is 22.1 Å². The maximum absolute atomic E-state index is 12.7. The first-order valence-corrected chi connectivity index (χ1v) is 9.21. The van der Waals surface area contributed by atoms with Gasteiger partial charge in [-0.2, -0.15) is 18.4 Å². The minimum absolute atomic E-state index is 0.0130. The molecule has 0 bridgehead atoms. The Labute approximate surface area is 180 Å². The monoisotopic (exact) mass is 459 g/mol. The minimum Gasteiger partial charge on any atom is -0.481 e. The minimum atomic E-state index is -4.69. The fourth-order valence-corrected chi connectivity index (χ4v) is 3.26. The van der Waals surface area contributed by atoms with E-state index in [0.717, 1.165) is 0 Å². The third kappa shape index (κ3) is 4.13. The van der Waals surface area contributed by atoms with Gasteiger partial charge in [-0.1, -0.05) is 0 Å². The highest BCUT2D eigenvalue weighted by molar-refractivity contribution is 6.07. The highest BCUT2D eigenvalue weighted by Crippen LogP contribution is 2.31. The van der Waals surface area contributed by atoms with Crippen molar-refractivity contribution >= 4 is 34.0 Å². The lowest BCUT2D eigenvalue weighted by atomic mass is 10.1. The Morgan fingerprint density at radius 3 is 2.64 bits per heavy atom. The molecular formula is C20H12F3N5O5. The number of ether oxygens (including phenoxy) is 2. The van der Waals surface area contributed by atoms with Crippen molar-refractivity contribution < 1.29 is 32.2 Å². The summed E-state index contributed by atoms with van der Waals surface area (Å²) in [6.07, 6.45) is -2.38. The highest BCUT2D eigenvalue weighted by Gasteiger charge is 2.32. The van der Waals surface area contributed by atoms with Crippen LogP contribution in [0.3, 0.4) is 0 Å². The SMILES string of the molecule is N#CCc1c(C(=O)OC(=O)c2[nH]c3ncccc3c2OCC(F)(F)F)[nH]c2[nH]ccc(=O)c12. The molecule has 33 heavy (non-hydrogen) atoms. The molecule has 0 fully saturated rings. The summed E-state index contributed by atoms with van der Waals surface area (Å²) < 4.78 is 47.7. The number of hydrogen-bond acceptors (Lipinski definition) is 7. The smallest absolute Gasteiger partial charge is 0.422 e. The number of aromatic nitrogens is 4. The average molecular weight is 459 g/mol. The van der Waals surface area contributed by atoms with E-state index in [1.165, 1.54) is 30.6 Å². The van der Waals surface area contributed by atoms with Crippen LogP contribution in [-0.4, -0.2) is 44.7 Å². The molecule has 0 unspecified atom stereocenters. The number of hydrogen-bond donors (Lipinski definition) is 3. The van der Waals surface area contributed by atoms with Gasteiger partial charge in [0.25, 0.3) is 0 Å². The molecule has 10 nitrogen and oxygen atoms in total. The van der Waals surface area contributed by atoms with Crippen LogP contribution >= 0.6 is 0 Å². The standard InChI is InChI=1S/C20H12F3N5O5/c21-20(22,23)8-32-15-10-2-1-6-25-16(10)28-14(15)19(31)33-18(30)13-9(3-5-24)12-11(29)4-7-26-17(12)27-13/h1-2,4,6-7H,3,8H2,(H,25,28)(H2,26,27,29). The summed E-state index contributed by atoms with van der Waals surface area (Å²) in [5.74, 6) is -3.08. The predicted octanol–water partition coefficient (Wildman–Crippen LogP) is 2.74. The van der Waals surface area contributed by atoms with E-state index < -0.39 is 41.6 Å². The Morgan fingerprint density at radius 2 is 1.91 bits per heavy atom. The van der Waals surface area contributed by atoms with E-state index in [1.807, 2.05) is 6.07 Å². The molecule has 0 saturated heterocycles. The zero-order valence-electron chi connectivity index (χ0n) is 16.4. The van der Waals surface area contributed by atoms with Gasteiger partial charge in [0, 0.05) is 24.0 Å². The molecule has 3 N–H and O–H groups in total. The summed E-state index contributed by atoms with van der Waals surface area (Å²) in [6.45, 7) is -1.69. The van der Waals surface area contributed by atoms with Gasteiger partial charge in [0.05, 0.1) is 23.3 Å². The van der Waals surface area contributed by atoms with Gasteiger partial charge in [-0.15, -0.1) is 0 Å². The topological polar surface area (TPSA) is 154 Å². The van der Waals surface area contributed by atoms with Crippen molar-refractivity contribution in [3.63, 3.8) is 0 Å². The summed E-state index contributed by atoms with van der Waals surface area (Å²) >= 11 is 0. The molecule has 0 radical (unpaired) electrons. The third-order valence-electron chi connectivity index (χ3n) is 4.56. The number of carbonyl (C=O) groups is 2. The fourth-order valence-electron chi connectivity index (χ4n) is 3.26. The molecule has 4 heterocycles. The largest absolute Gasteiger partial charge is 0.481 e. The molecular weight excluding hydrogens is 447 g/mol. The van der Waals surface area contributed by atoms with Gasteiger partial charge >= 0.3 is 18.1 Å². The number of esters is 2. The van der Waals surface area contributed by atoms with Crippen LogP contribution in [0.5, 0.6) is 5.75 Å². The van der Waals surface area contributed by atoms with Crippen LogP contribution in [0.15, 0.2) is 35.4 Å². The number of fused-ring (bicyclic) bond motifs is 2. The number of nitrogens with one attached hydrogen (secondary N) is 3. The van der Waals surface area contributed by atoms with Crippen molar-refractivity contribution in [1.29, 1.82) is 5.26 Å². The number of alkyl halides is 3. The van der Waals surface area contributed by atoms with Gasteiger partial charge in [-0.3, -0.25) is 4.79 Å². The Kier molecular flexibility index (Phi) is 5.34. The van der Waals surface area contributed by atoms with Crippen molar-refractivity contribution in [3.05, 3.63) is 57.8 Å².